The molecule has 5 nitrogen and oxygen atoms in total. The number of ether oxygens (including phenoxy) is 1. The number of nitrogens with zero attached hydrogens (tertiary/aromatic N) is 1. The predicted octanol–water partition coefficient (Wildman–Crippen LogP) is 1.08. The summed E-state index contributed by atoms with van der Waals surface area (Å²) in [6.45, 7) is 3.00. The van der Waals surface area contributed by atoms with Gasteiger partial charge in [0, 0.05) is 20.2 Å². The van der Waals surface area contributed by atoms with Gasteiger partial charge in [0.1, 0.15) is 0 Å². The van der Waals surface area contributed by atoms with E-state index in [1.54, 1.807) is 7.05 Å². The maximum Gasteiger partial charge on any atom is 0.218 e. The van der Waals surface area contributed by atoms with E-state index in [9.17, 15) is 8.42 Å². The Morgan fingerprint density at radius 1 is 1.30 bits per heavy atom. The predicted molar refractivity (Wildman–Crippen MR) is 78.5 cm³/mol. The minimum absolute atomic E-state index is 0.0115. The van der Waals surface area contributed by atoms with Crippen molar-refractivity contribution in [2.45, 2.75) is 37.8 Å². The van der Waals surface area contributed by atoms with Gasteiger partial charge < -0.3 is 10.5 Å². The molecule has 0 spiro atoms. The van der Waals surface area contributed by atoms with Crippen molar-refractivity contribution in [3.05, 3.63) is 35.4 Å². The van der Waals surface area contributed by atoms with Gasteiger partial charge in [0.25, 0.3) is 0 Å². The minimum Gasteiger partial charge on any atom is -0.377 e. The highest BCUT2D eigenvalue weighted by atomic mass is 32.2. The summed E-state index contributed by atoms with van der Waals surface area (Å²) in [5.74, 6) is 0.0115. The molecule has 1 saturated heterocycles. The van der Waals surface area contributed by atoms with Crippen molar-refractivity contribution in [3.8, 4) is 0 Å². The standard InChI is InChI=1S/C14H22N2O3S/c1-11-14(7-8-19-11)16(2)20(17,18)10-13-5-3-12(9-15)4-6-13/h3-6,11,14H,7-10,15H2,1-2H3. The molecule has 1 aromatic rings. The zero-order valence-electron chi connectivity index (χ0n) is 12.0. The first-order valence-electron chi connectivity index (χ1n) is 6.79. The zero-order chi connectivity index (χ0) is 14.8. The maximum absolute atomic E-state index is 12.4. The Morgan fingerprint density at radius 3 is 2.40 bits per heavy atom. The largest absolute Gasteiger partial charge is 0.377 e. The Bertz CT molecular complexity index is 542. The molecule has 2 N–H and O–H groups in total. The Hall–Kier alpha value is -0.950. The first-order chi connectivity index (χ1) is 9.44. The van der Waals surface area contributed by atoms with Gasteiger partial charge in [-0.3, -0.25) is 0 Å². The van der Waals surface area contributed by atoms with Gasteiger partial charge in [-0.05, 0) is 24.5 Å². The Morgan fingerprint density at radius 2 is 1.90 bits per heavy atom. The third-order valence-corrected chi connectivity index (χ3v) is 5.70. The van der Waals surface area contributed by atoms with Gasteiger partial charge in [-0.1, -0.05) is 24.3 Å². The number of nitrogens with two attached hydrogens (primary N) is 1. The monoisotopic (exact) mass is 298 g/mol. The minimum atomic E-state index is -3.33. The van der Waals surface area contributed by atoms with Crippen molar-refractivity contribution >= 4 is 10.0 Å². The van der Waals surface area contributed by atoms with Crippen LogP contribution in [0, 0.1) is 0 Å². The fraction of sp³-hybridized carbons (Fsp3) is 0.571. The molecule has 0 radical (unpaired) electrons. The van der Waals surface area contributed by atoms with Crippen molar-refractivity contribution in [3.63, 3.8) is 0 Å². The average molecular weight is 298 g/mol. The van der Waals surface area contributed by atoms with Gasteiger partial charge in [0.15, 0.2) is 0 Å². The third-order valence-electron chi connectivity index (χ3n) is 3.85. The van der Waals surface area contributed by atoms with E-state index in [-0.39, 0.29) is 17.9 Å². The highest BCUT2D eigenvalue weighted by Crippen LogP contribution is 2.22. The summed E-state index contributed by atoms with van der Waals surface area (Å²) >= 11 is 0. The number of benzene rings is 1. The van der Waals surface area contributed by atoms with E-state index in [2.05, 4.69) is 0 Å². The second-order valence-electron chi connectivity index (χ2n) is 5.22. The molecule has 2 unspecified atom stereocenters. The summed E-state index contributed by atoms with van der Waals surface area (Å²) in [7, 11) is -1.69. The van der Waals surface area contributed by atoms with Gasteiger partial charge in [0.05, 0.1) is 17.9 Å². The summed E-state index contributed by atoms with van der Waals surface area (Å²) in [4.78, 5) is 0. The fourth-order valence-corrected chi connectivity index (χ4v) is 3.99. The Labute approximate surface area is 120 Å². The molecule has 112 valence electrons. The molecule has 0 aliphatic carbocycles. The van der Waals surface area contributed by atoms with Crippen molar-refractivity contribution in [1.82, 2.24) is 4.31 Å². The quantitative estimate of drug-likeness (QED) is 0.883. The Kier molecular flexibility index (Phi) is 4.80. The lowest BCUT2D eigenvalue weighted by Crippen LogP contribution is -2.41. The second-order valence-corrected chi connectivity index (χ2v) is 7.25. The molecule has 20 heavy (non-hydrogen) atoms. The van der Waals surface area contributed by atoms with Crippen LogP contribution < -0.4 is 5.73 Å². The molecule has 2 atom stereocenters. The van der Waals surface area contributed by atoms with E-state index < -0.39 is 10.0 Å². The molecule has 1 fully saturated rings. The van der Waals surface area contributed by atoms with E-state index in [0.717, 1.165) is 17.5 Å². The number of hydrogen-bond donors (Lipinski definition) is 1. The molecule has 1 aliphatic heterocycles. The van der Waals surface area contributed by atoms with E-state index in [4.69, 9.17) is 10.5 Å². The van der Waals surface area contributed by atoms with Crippen molar-refractivity contribution in [2.24, 2.45) is 5.73 Å². The van der Waals surface area contributed by atoms with Crippen LogP contribution >= 0.6 is 0 Å². The lowest BCUT2D eigenvalue weighted by Gasteiger charge is -2.26. The smallest absolute Gasteiger partial charge is 0.218 e. The number of likely N-dealkylation sites (N-methyl/N-ethyl adjacent to an activating group) is 1. The van der Waals surface area contributed by atoms with E-state index in [1.165, 1.54) is 4.31 Å². The molecule has 1 aromatic carbocycles. The van der Waals surface area contributed by atoms with Gasteiger partial charge >= 0.3 is 0 Å². The summed E-state index contributed by atoms with van der Waals surface area (Å²) in [6, 6.07) is 7.31. The SMILES string of the molecule is CC1OCCC1N(C)S(=O)(=O)Cc1ccc(CN)cc1. The molecule has 0 aromatic heterocycles. The molecular formula is C14H22N2O3S. The molecule has 1 aliphatic rings. The summed E-state index contributed by atoms with van der Waals surface area (Å²) in [6.07, 6.45) is 0.706. The molecule has 6 heteroatoms. The number of hydrogen-bond acceptors (Lipinski definition) is 4. The summed E-state index contributed by atoms with van der Waals surface area (Å²) < 4.78 is 31.8. The number of sulfonamides is 1. The van der Waals surface area contributed by atoms with Gasteiger partial charge in [-0.2, -0.15) is 4.31 Å². The third kappa shape index (κ3) is 3.38. The van der Waals surface area contributed by atoms with Crippen molar-refractivity contribution in [1.29, 1.82) is 0 Å². The fourth-order valence-electron chi connectivity index (χ4n) is 2.49. The molecule has 0 saturated carbocycles. The van der Waals surface area contributed by atoms with E-state index in [1.807, 2.05) is 31.2 Å². The van der Waals surface area contributed by atoms with Crippen molar-refractivity contribution < 1.29 is 13.2 Å². The topological polar surface area (TPSA) is 72.6 Å². The molecule has 1 heterocycles. The average Bonchev–Trinajstić information content (AvgIpc) is 2.84. The van der Waals surface area contributed by atoms with Crippen LogP contribution in [-0.4, -0.2) is 38.5 Å². The second kappa shape index (κ2) is 6.22. The normalized spacial score (nSPS) is 23.4. The number of rotatable bonds is 5. The van der Waals surface area contributed by atoms with Crippen LogP contribution in [0.25, 0.3) is 0 Å². The van der Waals surface area contributed by atoms with Crippen LogP contribution in [0.2, 0.25) is 0 Å². The van der Waals surface area contributed by atoms with E-state index >= 15 is 0 Å². The molecular weight excluding hydrogens is 276 g/mol. The highest BCUT2D eigenvalue weighted by molar-refractivity contribution is 7.88. The van der Waals surface area contributed by atoms with Gasteiger partial charge in [0.2, 0.25) is 10.0 Å². The highest BCUT2D eigenvalue weighted by Gasteiger charge is 2.34. The van der Waals surface area contributed by atoms with E-state index in [0.29, 0.717) is 13.2 Å². The molecule has 0 amide bonds. The van der Waals surface area contributed by atoms with Crippen LogP contribution in [0.3, 0.4) is 0 Å². The lowest BCUT2D eigenvalue weighted by atomic mass is 10.1. The van der Waals surface area contributed by atoms with Gasteiger partial charge in [-0.15, -0.1) is 0 Å². The van der Waals surface area contributed by atoms with Crippen LogP contribution in [0.1, 0.15) is 24.5 Å². The summed E-state index contributed by atoms with van der Waals surface area (Å²) in [5, 5.41) is 0. The van der Waals surface area contributed by atoms with Crippen LogP contribution in [0.4, 0.5) is 0 Å². The first-order valence-corrected chi connectivity index (χ1v) is 8.40. The van der Waals surface area contributed by atoms with Crippen LogP contribution in [0.5, 0.6) is 0 Å². The Balaban J connectivity index is 2.09. The first kappa shape index (κ1) is 15.4. The van der Waals surface area contributed by atoms with Gasteiger partial charge in [-0.25, -0.2) is 8.42 Å². The van der Waals surface area contributed by atoms with Crippen LogP contribution in [0.15, 0.2) is 24.3 Å². The maximum atomic E-state index is 12.4. The molecule has 0 bridgehead atoms. The lowest BCUT2D eigenvalue weighted by molar-refractivity contribution is 0.102. The molecule has 2 rings (SSSR count). The van der Waals surface area contributed by atoms with Crippen molar-refractivity contribution in [2.75, 3.05) is 13.7 Å². The summed E-state index contributed by atoms with van der Waals surface area (Å²) in [5.41, 5.74) is 7.31. The zero-order valence-corrected chi connectivity index (χ0v) is 12.8. The van der Waals surface area contributed by atoms with Crippen LogP contribution in [-0.2, 0) is 27.1 Å².